The van der Waals surface area contributed by atoms with Gasteiger partial charge in [-0.2, -0.15) is 0 Å². The fraction of sp³-hybridized carbons (Fsp3) is 0.185. The number of anilines is 1. The lowest BCUT2D eigenvalue weighted by Gasteiger charge is -2.25. The van der Waals surface area contributed by atoms with Gasteiger partial charge in [-0.25, -0.2) is 0 Å². The number of fused-ring (bicyclic) bond motifs is 1. The summed E-state index contributed by atoms with van der Waals surface area (Å²) in [4.78, 5) is 31.4. The van der Waals surface area contributed by atoms with E-state index >= 15 is 0 Å². The molecule has 1 heterocycles. The van der Waals surface area contributed by atoms with E-state index in [9.17, 15) is 9.59 Å². The van der Waals surface area contributed by atoms with Crippen LogP contribution in [0.25, 0.3) is 10.9 Å². The third-order valence-electron chi connectivity index (χ3n) is 5.75. The van der Waals surface area contributed by atoms with Crippen LogP contribution in [0.5, 0.6) is 0 Å². The zero-order chi connectivity index (χ0) is 22.5. The SMILES string of the molecule is Cc1[nH]c2ccccc2c1CC(=O)N[C@H](Cc1ccccc1)C(=O)N(C)c1ccccc1. The van der Waals surface area contributed by atoms with Crippen LogP contribution in [0.4, 0.5) is 5.69 Å². The molecule has 0 fully saturated rings. The van der Waals surface area contributed by atoms with Gasteiger partial charge in [0.1, 0.15) is 6.04 Å². The molecule has 5 nitrogen and oxygen atoms in total. The van der Waals surface area contributed by atoms with E-state index in [2.05, 4.69) is 10.3 Å². The van der Waals surface area contributed by atoms with Crippen LogP contribution in [0.2, 0.25) is 0 Å². The maximum Gasteiger partial charge on any atom is 0.249 e. The molecule has 0 bridgehead atoms. The molecule has 0 aliphatic rings. The second kappa shape index (κ2) is 9.52. The number of rotatable bonds is 7. The molecule has 0 aliphatic heterocycles. The summed E-state index contributed by atoms with van der Waals surface area (Å²) in [6, 6.07) is 26.5. The maximum atomic E-state index is 13.4. The highest BCUT2D eigenvalue weighted by atomic mass is 16.2. The average molecular weight is 426 g/mol. The first-order chi connectivity index (χ1) is 15.5. The number of amides is 2. The number of likely N-dealkylation sites (N-methyl/N-ethyl adjacent to an activating group) is 1. The first-order valence-corrected chi connectivity index (χ1v) is 10.7. The Morgan fingerprint density at radius 3 is 2.25 bits per heavy atom. The van der Waals surface area contributed by atoms with Crippen molar-refractivity contribution in [3.05, 3.63) is 102 Å². The zero-order valence-corrected chi connectivity index (χ0v) is 18.3. The van der Waals surface area contributed by atoms with Gasteiger partial charge in [-0.1, -0.05) is 66.7 Å². The predicted octanol–water partition coefficient (Wildman–Crippen LogP) is 4.41. The largest absolute Gasteiger partial charge is 0.358 e. The molecule has 1 atom stereocenters. The van der Waals surface area contributed by atoms with Crippen molar-refractivity contribution >= 4 is 28.4 Å². The molecule has 1 aromatic heterocycles. The highest BCUT2D eigenvalue weighted by Crippen LogP contribution is 2.22. The molecule has 32 heavy (non-hydrogen) atoms. The van der Waals surface area contributed by atoms with Crippen molar-refractivity contribution in [3.8, 4) is 0 Å². The minimum absolute atomic E-state index is 0.149. The molecule has 0 saturated heterocycles. The molecule has 4 rings (SSSR count). The third-order valence-corrected chi connectivity index (χ3v) is 5.75. The topological polar surface area (TPSA) is 65.2 Å². The Kier molecular flexibility index (Phi) is 6.36. The van der Waals surface area contributed by atoms with Crippen LogP contribution in [0.1, 0.15) is 16.8 Å². The van der Waals surface area contributed by atoms with Crippen LogP contribution >= 0.6 is 0 Å². The number of nitrogens with zero attached hydrogens (tertiary/aromatic N) is 1. The third kappa shape index (κ3) is 4.72. The number of benzene rings is 3. The number of carbonyl (C=O) groups excluding carboxylic acids is 2. The fourth-order valence-corrected chi connectivity index (χ4v) is 4.03. The van der Waals surface area contributed by atoms with Crippen LogP contribution in [0, 0.1) is 6.92 Å². The van der Waals surface area contributed by atoms with Gasteiger partial charge in [-0.3, -0.25) is 9.59 Å². The Morgan fingerprint density at radius 2 is 1.53 bits per heavy atom. The van der Waals surface area contributed by atoms with Gasteiger partial charge in [0, 0.05) is 35.8 Å². The molecule has 4 aromatic rings. The fourth-order valence-electron chi connectivity index (χ4n) is 4.03. The summed E-state index contributed by atoms with van der Waals surface area (Å²) in [5.41, 5.74) is 4.72. The molecule has 3 aromatic carbocycles. The molecular weight excluding hydrogens is 398 g/mol. The molecule has 0 spiro atoms. The number of aromatic nitrogens is 1. The first kappa shape index (κ1) is 21.4. The number of aryl methyl sites for hydroxylation is 1. The summed E-state index contributed by atoms with van der Waals surface area (Å²) in [5, 5.41) is 4.04. The Balaban J connectivity index is 1.56. The molecule has 0 saturated carbocycles. The Bertz CT molecular complexity index is 1220. The molecule has 2 amide bonds. The molecule has 0 aliphatic carbocycles. The van der Waals surface area contributed by atoms with Gasteiger partial charge >= 0.3 is 0 Å². The Hall–Kier alpha value is -3.86. The first-order valence-electron chi connectivity index (χ1n) is 10.7. The lowest BCUT2D eigenvalue weighted by Crippen LogP contribution is -2.49. The van der Waals surface area contributed by atoms with Crippen molar-refractivity contribution in [2.24, 2.45) is 0 Å². The van der Waals surface area contributed by atoms with Crippen LogP contribution in [0.3, 0.4) is 0 Å². The Labute approximate surface area is 188 Å². The van der Waals surface area contributed by atoms with Gasteiger partial charge < -0.3 is 15.2 Å². The van der Waals surface area contributed by atoms with E-state index in [-0.39, 0.29) is 18.2 Å². The van der Waals surface area contributed by atoms with Gasteiger partial charge in [0.05, 0.1) is 6.42 Å². The second-order valence-corrected chi connectivity index (χ2v) is 7.99. The van der Waals surface area contributed by atoms with Crippen LogP contribution in [-0.2, 0) is 22.4 Å². The van der Waals surface area contributed by atoms with E-state index in [0.29, 0.717) is 6.42 Å². The van der Waals surface area contributed by atoms with E-state index in [1.807, 2.05) is 91.9 Å². The number of H-pyrrole nitrogens is 1. The summed E-state index contributed by atoms with van der Waals surface area (Å²) < 4.78 is 0. The molecular formula is C27H27N3O2. The molecule has 0 unspecified atom stereocenters. The van der Waals surface area contributed by atoms with Gasteiger partial charge in [0.2, 0.25) is 11.8 Å². The maximum absolute atomic E-state index is 13.4. The smallest absolute Gasteiger partial charge is 0.249 e. The van der Waals surface area contributed by atoms with Crippen molar-refractivity contribution in [2.45, 2.75) is 25.8 Å². The van der Waals surface area contributed by atoms with E-state index < -0.39 is 6.04 Å². The summed E-state index contributed by atoms with van der Waals surface area (Å²) in [6.07, 6.45) is 0.638. The number of carbonyl (C=O) groups is 2. The van der Waals surface area contributed by atoms with Gasteiger partial charge in [-0.05, 0) is 36.2 Å². The van der Waals surface area contributed by atoms with Crippen LogP contribution < -0.4 is 10.2 Å². The average Bonchev–Trinajstić information content (AvgIpc) is 3.13. The normalized spacial score (nSPS) is 11.8. The number of aromatic amines is 1. The molecule has 0 radical (unpaired) electrons. The van der Waals surface area contributed by atoms with Crippen LogP contribution in [-0.4, -0.2) is 29.9 Å². The summed E-state index contributed by atoms with van der Waals surface area (Å²) in [6.45, 7) is 1.97. The standard InChI is InChI=1S/C27H27N3O2/c1-19-23(22-15-9-10-16-24(22)28-19)18-26(31)29-25(17-20-11-5-3-6-12-20)27(32)30(2)21-13-7-4-8-14-21/h3-16,25,28H,17-18H2,1-2H3,(H,29,31)/t25-/m1/s1. The number of hydrogen-bond donors (Lipinski definition) is 2. The predicted molar refractivity (Wildman–Crippen MR) is 129 cm³/mol. The van der Waals surface area contributed by atoms with Gasteiger partial charge in [0.15, 0.2) is 0 Å². The lowest BCUT2D eigenvalue weighted by molar-refractivity contribution is -0.127. The second-order valence-electron chi connectivity index (χ2n) is 7.99. The van der Waals surface area contributed by atoms with Crippen molar-refractivity contribution in [2.75, 3.05) is 11.9 Å². The van der Waals surface area contributed by atoms with Crippen molar-refractivity contribution in [1.29, 1.82) is 0 Å². The van der Waals surface area contributed by atoms with E-state index in [1.165, 1.54) is 0 Å². The van der Waals surface area contributed by atoms with Gasteiger partial charge in [-0.15, -0.1) is 0 Å². The summed E-state index contributed by atoms with van der Waals surface area (Å²) in [5.74, 6) is -0.322. The highest BCUT2D eigenvalue weighted by molar-refractivity contribution is 5.99. The number of para-hydroxylation sites is 2. The van der Waals surface area contributed by atoms with Crippen molar-refractivity contribution < 1.29 is 9.59 Å². The van der Waals surface area contributed by atoms with E-state index in [0.717, 1.165) is 33.4 Å². The molecule has 2 N–H and O–H groups in total. The van der Waals surface area contributed by atoms with Gasteiger partial charge in [0.25, 0.3) is 0 Å². The quantitative estimate of drug-likeness (QED) is 0.461. The van der Waals surface area contributed by atoms with E-state index in [4.69, 9.17) is 0 Å². The Morgan fingerprint density at radius 1 is 0.906 bits per heavy atom. The number of hydrogen-bond acceptors (Lipinski definition) is 2. The minimum Gasteiger partial charge on any atom is -0.358 e. The van der Waals surface area contributed by atoms with Crippen LogP contribution in [0.15, 0.2) is 84.9 Å². The lowest BCUT2D eigenvalue weighted by atomic mass is 10.0. The molecule has 5 heteroatoms. The van der Waals surface area contributed by atoms with Crippen molar-refractivity contribution in [3.63, 3.8) is 0 Å². The highest BCUT2D eigenvalue weighted by Gasteiger charge is 2.26. The van der Waals surface area contributed by atoms with E-state index in [1.54, 1.807) is 11.9 Å². The summed E-state index contributed by atoms with van der Waals surface area (Å²) >= 11 is 0. The molecule has 162 valence electrons. The zero-order valence-electron chi connectivity index (χ0n) is 18.3. The van der Waals surface area contributed by atoms with Crippen molar-refractivity contribution in [1.82, 2.24) is 10.3 Å². The minimum atomic E-state index is -0.666. The number of nitrogens with one attached hydrogen (secondary N) is 2. The summed E-state index contributed by atoms with van der Waals surface area (Å²) in [7, 11) is 1.74. The monoisotopic (exact) mass is 425 g/mol.